The summed E-state index contributed by atoms with van der Waals surface area (Å²) >= 11 is 0. The van der Waals surface area contributed by atoms with E-state index in [1.807, 2.05) is 6.07 Å². The number of rotatable bonds is 10. The van der Waals surface area contributed by atoms with Crippen LogP contribution in [0.5, 0.6) is 5.75 Å². The van der Waals surface area contributed by atoms with E-state index < -0.39 is 27.8 Å². The third kappa shape index (κ3) is 5.93. The summed E-state index contributed by atoms with van der Waals surface area (Å²) in [7, 11) is -3.40. The normalized spacial score (nSPS) is 17.3. The Bertz CT molecular complexity index is 1570. The van der Waals surface area contributed by atoms with Crippen molar-refractivity contribution in [2.75, 3.05) is 23.8 Å². The van der Waals surface area contributed by atoms with Gasteiger partial charge in [0, 0.05) is 34.5 Å². The van der Waals surface area contributed by atoms with Gasteiger partial charge in [0.15, 0.2) is 9.84 Å². The Morgan fingerprint density at radius 2 is 1.68 bits per heavy atom. The number of aliphatic carboxylic acids is 1. The first kappa shape index (κ1) is 27.3. The van der Waals surface area contributed by atoms with E-state index in [0.29, 0.717) is 41.9 Å². The van der Waals surface area contributed by atoms with E-state index in [1.54, 1.807) is 31.2 Å². The van der Waals surface area contributed by atoms with Gasteiger partial charge in [-0.25, -0.2) is 8.42 Å². The average molecular weight is 576 g/mol. The Morgan fingerprint density at radius 3 is 2.27 bits per heavy atom. The van der Waals surface area contributed by atoms with Gasteiger partial charge in [0.2, 0.25) is 0 Å². The number of nitrogens with zero attached hydrogens (tertiary/aromatic N) is 2. The van der Waals surface area contributed by atoms with E-state index >= 15 is 0 Å². The third-order valence-electron chi connectivity index (χ3n) is 7.94. The van der Waals surface area contributed by atoms with Gasteiger partial charge in [0.25, 0.3) is 5.91 Å². The van der Waals surface area contributed by atoms with Gasteiger partial charge in [-0.05, 0) is 73.7 Å². The number of anilines is 2. The standard InChI is InChI=1S/C31H33N3O6S/c1-2-41(38,39)24-10-7-21(8-11-24)27(18-30(35)36)33-31(37)22-9-12-28-29(15-22)40-14-13-34(28)23-16-25(19-3-4-19)32-26(17-23)20-5-6-20/h7-12,15-17,19-20,27H,2-6,13-14,18H2,1H3,(H,33,37)(H,35,36). The highest BCUT2D eigenvalue weighted by Crippen LogP contribution is 2.46. The molecule has 0 bridgehead atoms. The molecule has 1 aliphatic heterocycles. The largest absolute Gasteiger partial charge is 0.490 e. The molecular weight excluding hydrogens is 542 g/mol. The van der Waals surface area contributed by atoms with Crippen molar-refractivity contribution in [2.45, 2.75) is 61.8 Å². The van der Waals surface area contributed by atoms with Crippen LogP contribution in [-0.2, 0) is 14.6 Å². The van der Waals surface area contributed by atoms with Crippen LogP contribution in [0.3, 0.4) is 0 Å². The Morgan fingerprint density at radius 1 is 1.02 bits per heavy atom. The van der Waals surface area contributed by atoms with Crippen molar-refractivity contribution in [1.82, 2.24) is 10.3 Å². The lowest BCUT2D eigenvalue weighted by Gasteiger charge is -2.32. The molecule has 2 aliphatic carbocycles. The van der Waals surface area contributed by atoms with Crippen LogP contribution in [0.15, 0.2) is 59.5 Å². The lowest BCUT2D eigenvalue weighted by atomic mass is 10.0. The smallest absolute Gasteiger partial charge is 0.305 e. The zero-order valence-corrected chi connectivity index (χ0v) is 23.7. The summed E-state index contributed by atoms with van der Waals surface area (Å²) in [6, 6.07) is 14.8. The quantitative estimate of drug-likeness (QED) is 0.342. The second-order valence-electron chi connectivity index (χ2n) is 11.0. The number of carbonyl (C=O) groups excluding carboxylic acids is 1. The van der Waals surface area contributed by atoms with E-state index in [1.165, 1.54) is 49.2 Å². The minimum Gasteiger partial charge on any atom is -0.490 e. The van der Waals surface area contributed by atoms with Gasteiger partial charge >= 0.3 is 5.97 Å². The van der Waals surface area contributed by atoms with E-state index in [2.05, 4.69) is 22.3 Å². The maximum atomic E-state index is 13.3. The minimum absolute atomic E-state index is 0.0377. The molecule has 1 atom stereocenters. The highest BCUT2D eigenvalue weighted by molar-refractivity contribution is 7.91. The van der Waals surface area contributed by atoms with Crippen LogP contribution < -0.4 is 15.0 Å². The summed E-state index contributed by atoms with van der Waals surface area (Å²) in [6.45, 7) is 2.71. The number of pyridine rings is 1. The Hall–Kier alpha value is -3.92. The summed E-state index contributed by atoms with van der Waals surface area (Å²) in [4.78, 5) is 32.2. The van der Waals surface area contributed by atoms with Gasteiger partial charge in [0.1, 0.15) is 12.4 Å². The molecule has 41 heavy (non-hydrogen) atoms. The Kier molecular flexibility index (Phi) is 7.19. The molecule has 2 saturated carbocycles. The molecule has 0 spiro atoms. The summed E-state index contributed by atoms with van der Waals surface area (Å²) < 4.78 is 30.3. The van der Waals surface area contributed by atoms with Crippen molar-refractivity contribution < 1.29 is 27.9 Å². The van der Waals surface area contributed by atoms with E-state index in [4.69, 9.17) is 9.72 Å². The number of sulfone groups is 1. The molecule has 1 aromatic heterocycles. The van der Waals surface area contributed by atoms with Crippen molar-refractivity contribution in [3.8, 4) is 5.75 Å². The fourth-order valence-corrected chi connectivity index (χ4v) is 6.15. The van der Waals surface area contributed by atoms with Gasteiger partial charge in [-0.1, -0.05) is 19.1 Å². The molecule has 9 nitrogen and oxygen atoms in total. The molecule has 1 amide bonds. The van der Waals surface area contributed by atoms with E-state index in [0.717, 1.165) is 11.4 Å². The summed E-state index contributed by atoms with van der Waals surface area (Å²) in [5.41, 5.74) is 5.15. The molecule has 0 radical (unpaired) electrons. The van der Waals surface area contributed by atoms with Gasteiger partial charge in [-0.15, -0.1) is 0 Å². The summed E-state index contributed by atoms with van der Waals surface area (Å²) in [5.74, 6) is 0.115. The predicted octanol–water partition coefficient (Wildman–Crippen LogP) is 5.11. The van der Waals surface area contributed by atoms with Crippen LogP contribution in [0.4, 0.5) is 11.4 Å². The van der Waals surface area contributed by atoms with Crippen molar-refractivity contribution in [3.05, 3.63) is 77.1 Å². The van der Waals surface area contributed by atoms with Gasteiger partial charge in [-0.2, -0.15) is 0 Å². The number of hydrogen-bond acceptors (Lipinski definition) is 7. The molecule has 2 fully saturated rings. The number of amides is 1. The van der Waals surface area contributed by atoms with Gasteiger partial charge in [0.05, 0.1) is 35.3 Å². The molecule has 3 aliphatic rings. The van der Waals surface area contributed by atoms with Crippen molar-refractivity contribution in [1.29, 1.82) is 0 Å². The number of nitrogens with one attached hydrogen (secondary N) is 1. The topological polar surface area (TPSA) is 126 Å². The molecule has 2 aromatic carbocycles. The van der Waals surface area contributed by atoms with Crippen LogP contribution in [0.25, 0.3) is 0 Å². The molecule has 10 heteroatoms. The van der Waals surface area contributed by atoms with Crippen LogP contribution >= 0.6 is 0 Å². The molecule has 6 rings (SSSR count). The molecule has 0 saturated heterocycles. The predicted molar refractivity (Wildman–Crippen MR) is 154 cm³/mol. The number of hydrogen-bond donors (Lipinski definition) is 2. The maximum Gasteiger partial charge on any atom is 0.305 e. The summed E-state index contributed by atoms with van der Waals surface area (Å²) in [5, 5.41) is 12.3. The van der Waals surface area contributed by atoms with Crippen LogP contribution in [0, 0.1) is 0 Å². The third-order valence-corrected chi connectivity index (χ3v) is 9.69. The van der Waals surface area contributed by atoms with Crippen LogP contribution in [0.2, 0.25) is 0 Å². The minimum atomic E-state index is -3.40. The number of aromatic nitrogens is 1. The maximum absolute atomic E-state index is 13.3. The second-order valence-corrected chi connectivity index (χ2v) is 13.3. The highest BCUT2D eigenvalue weighted by atomic mass is 32.2. The molecule has 3 aromatic rings. The lowest BCUT2D eigenvalue weighted by Crippen LogP contribution is -2.31. The van der Waals surface area contributed by atoms with Crippen LogP contribution in [-0.4, -0.2) is 49.3 Å². The monoisotopic (exact) mass is 575 g/mol. The Balaban J connectivity index is 1.24. The van der Waals surface area contributed by atoms with Crippen molar-refractivity contribution >= 4 is 33.1 Å². The van der Waals surface area contributed by atoms with Gasteiger partial charge in [-0.3, -0.25) is 14.6 Å². The van der Waals surface area contributed by atoms with E-state index in [-0.39, 0.29) is 17.1 Å². The zero-order valence-electron chi connectivity index (χ0n) is 22.9. The van der Waals surface area contributed by atoms with Crippen molar-refractivity contribution in [2.24, 2.45) is 0 Å². The lowest BCUT2D eigenvalue weighted by molar-refractivity contribution is -0.137. The number of carbonyl (C=O) groups is 2. The summed E-state index contributed by atoms with van der Waals surface area (Å²) in [6.07, 6.45) is 4.38. The van der Waals surface area contributed by atoms with Crippen molar-refractivity contribution in [3.63, 3.8) is 0 Å². The molecule has 2 heterocycles. The highest BCUT2D eigenvalue weighted by Gasteiger charge is 2.32. The number of fused-ring (bicyclic) bond motifs is 1. The average Bonchev–Trinajstić information content (AvgIpc) is 3.89. The number of carboxylic acids is 1. The van der Waals surface area contributed by atoms with Crippen LogP contribution in [0.1, 0.15) is 84.2 Å². The first-order valence-electron chi connectivity index (χ1n) is 14.1. The number of ether oxygens (including phenoxy) is 1. The van der Waals surface area contributed by atoms with Gasteiger partial charge < -0.3 is 20.1 Å². The molecule has 1 unspecified atom stereocenters. The molecular formula is C31H33N3O6S. The number of benzene rings is 2. The first-order chi connectivity index (χ1) is 19.7. The van der Waals surface area contributed by atoms with E-state index in [9.17, 15) is 23.1 Å². The Labute approximate surface area is 239 Å². The SMILES string of the molecule is CCS(=O)(=O)c1ccc(C(CC(=O)O)NC(=O)c2ccc3c(c2)OCCN3c2cc(C3CC3)nc(C3CC3)c2)cc1. The molecule has 214 valence electrons. The fourth-order valence-electron chi connectivity index (χ4n) is 5.26. The molecule has 2 N–H and O–H groups in total. The zero-order chi connectivity index (χ0) is 28.7. The number of carboxylic acid groups (broad SMARTS) is 1. The second kappa shape index (κ2) is 10.8. The first-order valence-corrected chi connectivity index (χ1v) is 15.8. The fraction of sp³-hybridized carbons (Fsp3) is 0.387.